The maximum absolute atomic E-state index is 12.4. The molecule has 1 aromatic heterocycles. The number of hydrogen-bond acceptors (Lipinski definition) is 8. The summed E-state index contributed by atoms with van der Waals surface area (Å²) >= 11 is 1.30. The standard InChI is InChI=1S/C18H16O5S.CH4O3S/c1-13-7-5-3-4-6-12-24-16(13)17(19)22-14-8-10-15(11-9-14)23-18(20)21-2;1-5(2,3)4/h3-12H,1-2H3;1H3,(H,2,3,4). The summed E-state index contributed by atoms with van der Waals surface area (Å²) in [7, 11) is -2.44. The van der Waals surface area contributed by atoms with Crippen LogP contribution in [0.3, 0.4) is 0 Å². The van der Waals surface area contributed by atoms with Crippen molar-refractivity contribution >= 4 is 33.6 Å². The second-order valence-electron chi connectivity index (χ2n) is 5.35. The normalized spacial score (nSPS) is 9.93. The zero-order chi connectivity index (χ0) is 21.9. The van der Waals surface area contributed by atoms with Gasteiger partial charge in [-0.1, -0.05) is 30.3 Å². The Labute approximate surface area is 172 Å². The highest BCUT2D eigenvalue weighted by atomic mass is 32.2. The fourth-order valence-electron chi connectivity index (χ4n) is 1.73. The summed E-state index contributed by atoms with van der Waals surface area (Å²) in [5.74, 6) is 0.199. The van der Waals surface area contributed by atoms with E-state index in [0.717, 1.165) is 5.56 Å². The van der Waals surface area contributed by atoms with Gasteiger partial charge in [-0.15, -0.1) is 11.3 Å². The molecule has 0 aliphatic rings. The van der Waals surface area contributed by atoms with E-state index in [2.05, 4.69) is 4.74 Å². The van der Waals surface area contributed by atoms with Gasteiger partial charge in [0.2, 0.25) is 0 Å². The maximum atomic E-state index is 12.4. The zero-order valence-electron chi connectivity index (χ0n) is 15.9. The second kappa shape index (κ2) is 11.8. The van der Waals surface area contributed by atoms with Crippen molar-refractivity contribution in [3.8, 4) is 11.5 Å². The molecule has 0 radical (unpaired) electrons. The Morgan fingerprint density at radius 1 is 0.931 bits per heavy atom. The minimum Gasteiger partial charge on any atom is -0.437 e. The van der Waals surface area contributed by atoms with E-state index in [0.29, 0.717) is 22.6 Å². The molecular weight excluding hydrogens is 420 g/mol. The van der Waals surface area contributed by atoms with Crippen LogP contribution >= 0.6 is 11.3 Å². The Morgan fingerprint density at radius 3 is 2.00 bits per heavy atom. The van der Waals surface area contributed by atoms with Crippen molar-refractivity contribution < 1.29 is 36.8 Å². The Morgan fingerprint density at radius 2 is 1.45 bits per heavy atom. The molecule has 1 N–H and O–H groups in total. The van der Waals surface area contributed by atoms with Gasteiger partial charge in [-0.2, -0.15) is 8.42 Å². The van der Waals surface area contributed by atoms with Crippen LogP contribution in [0, 0.1) is 6.92 Å². The van der Waals surface area contributed by atoms with Gasteiger partial charge in [0.25, 0.3) is 10.1 Å². The molecule has 10 heteroatoms. The van der Waals surface area contributed by atoms with Crippen LogP contribution < -0.4 is 9.47 Å². The lowest BCUT2D eigenvalue weighted by Crippen LogP contribution is -2.09. The van der Waals surface area contributed by atoms with Gasteiger partial charge in [-0.05, 0) is 42.1 Å². The predicted molar refractivity (Wildman–Crippen MR) is 109 cm³/mol. The van der Waals surface area contributed by atoms with E-state index in [1.54, 1.807) is 12.1 Å². The monoisotopic (exact) mass is 440 g/mol. The second-order valence-corrected chi connectivity index (χ2v) is 7.73. The number of aryl methyl sites for hydroxylation is 1. The number of benzene rings is 1. The summed E-state index contributed by atoms with van der Waals surface area (Å²) in [4.78, 5) is 23.9. The predicted octanol–water partition coefficient (Wildman–Crippen LogP) is 4.05. The number of ether oxygens (including phenoxy) is 3. The van der Waals surface area contributed by atoms with Crippen molar-refractivity contribution in [2.24, 2.45) is 0 Å². The minimum atomic E-state index is -3.67. The van der Waals surface area contributed by atoms with Crippen molar-refractivity contribution in [1.82, 2.24) is 0 Å². The van der Waals surface area contributed by atoms with Crippen LogP contribution in [0.4, 0.5) is 4.79 Å². The molecular formula is C19H20O8S2. The van der Waals surface area contributed by atoms with E-state index in [-0.39, 0.29) is 0 Å². The van der Waals surface area contributed by atoms with Crippen molar-refractivity contribution in [3.63, 3.8) is 0 Å². The van der Waals surface area contributed by atoms with Gasteiger partial charge in [-0.25, -0.2) is 9.59 Å². The molecule has 2 aromatic rings. The molecule has 0 aliphatic carbocycles. The molecule has 2 rings (SSSR count). The summed E-state index contributed by atoms with van der Waals surface area (Å²) in [5.41, 5.74) is 0.812. The number of esters is 1. The molecule has 156 valence electrons. The molecule has 0 saturated heterocycles. The van der Waals surface area contributed by atoms with Crippen molar-refractivity contribution in [2.45, 2.75) is 6.92 Å². The van der Waals surface area contributed by atoms with E-state index in [4.69, 9.17) is 14.0 Å². The first-order valence-corrected chi connectivity index (χ1v) is 10.7. The lowest BCUT2D eigenvalue weighted by molar-refractivity contribution is 0.0738. The Bertz CT molecular complexity index is 969. The lowest BCUT2D eigenvalue weighted by atomic mass is 10.2. The molecule has 0 saturated carbocycles. The SMILES string of the molecule is COC(=O)Oc1ccc(OC(=O)c2sccccccc2C)cc1.CS(=O)(=O)O. The first-order chi connectivity index (χ1) is 13.6. The summed E-state index contributed by atoms with van der Waals surface area (Å²) in [6, 6.07) is 15.4. The van der Waals surface area contributed by atoms with Gasteiger partial charge in [0.1, 0.15) is 16.4 Å². The van der Waals surface area contributed by atoms with Crippen LogP contribution in [-0.2, 0) is 14.9 Å². The van der Waals surface area contributed by atoms with Crippen LogP contribution in [0.25, 0.3) is 0 Å². The van der Waals surface area contributed by atoms with E-state index < -0.39 is 22.2 Å². The number of hydrogen-bond donors (Lipinski definition) is 1. The zero-order valence-corrected chi connectivity index (χ0v) is 17.5. The van der Waals surface area contributed by atoms with Crippen molar-refractivity contribution in [2.75, 3.05) is 13.4 Å². The Kier molecular flexibility index (Phi) is 9.80. The Hall–Kier alpha value is -2.95. The molecule has 0 spiro atoms. The maximum Gasteiger partial charge on any atom is 0.513 e. The molecule has 1 aromatic carbocycles. The van der Waals surface area contributed by atoms with Crippen LogP contribution in [0.2, 0.25) is 0 Å². The number of methoxy groups -OCH3 is 1. The van der Waals surface area contributed by atoms with Crippen molar-refractivity contribution in [3.05, 3.63) is 70.4 Å². The largest absolute Gasteiger partial charge is 0.513 e. The van der Waals surface area contributed by atoms with E-state index >= 15 is 0 Å². The molecule has 0 atom stereocenters. The van der Waals surface area contributed by atoms with Gasteiger partial charge in [0, 0.05) is 0 Å². The average Bonchev–Trinajstić information content (AvgIpc) is 2.74. The summed E-state index contributed by atoms with van der Waals surface area (Å²) < 4.78 is 40.5. The number of carbonyl (C=O) groups excluding carboxylic acids is 2. The first-order valence-electron chi connectivity index (χ1n) is 7.98. The van der Waals surface area contributed by atoms with Crippen LogP contribution in [0.5, 0.6) is 11.5 Å². The quantitative estimate of drug-likeness (QED) is 0.329. The third-order valence-corrected chi connectivity index (χ3v) is 3.91. The van der Waals surface area contributed by atoms with Crippen molar-refractivity contribution in [1.29, 1.82) is 0 Å². The molecule has 29 heavy (non-hydrogen) atoms. The fraction of sp³-hybridized carbons (Fsp3) is 0.158. The molecule has 0 fully saturated rings. The lowest BCUT2D eigenvalue weighted by Gasteiger charge is -2.06. The highest BCUT2D eigenvalue weighted by molar-refractivity contribution is 7.85. The van der Waals surface area contributed by atoms with Crippen LogP contribution in [-0.4, -0.2) is 38.5 Å². The third-order valence-electron chi connectivity index (χ3n) is 2.89. The third kappa shape index (κ3) is 10.8. The highest BCUT2D eigenvalue weighted by Gasteiger charge is 2.11. The van der Waals surface area contributed by atoms with Crippen LogP contribution in [0.15, 0.2) is 60.0 Å². The smallest absolute Gasteiger partial charge is 0.437 e. The van der Waals surface area contributed by atoms with Gasteiger partial charge in [-0.3, -0.25) is 4.55 Å². The molecule has 0 aliphatic heterocycles. The van der Waals surface area contributed by atoms with E-state index in [9.17, 15) is 18.0 Å². The first kappa shape index (κ1) is 24.1. The molecule has 0 bridgehead atoms. The molecule has 0 amide bonds. The number of carbonyl (C=O) groups is 2. The van der Waals surface area contributed by atoms with Gasteiger partial charge in [0.05, 0.1) is 13.4 Å². The molecule has 0 unspecified atom stereocenters. The molecule has 8 nitrogen and oxygen atoms in total. The summed E-state index contributed by atoms with van der Waals surface area (Å²) in [6.45, 7) is 1.85. The summed E-state index contributed by atoms with van der Waals surface area (Å²) in [6.07, 6.45) is -0.0952. The topological polar surface area (TPSA) is 116 Å². The Balaban J connectivity index is 0.000000749. The minimum absolute atomic E-state index is 0.297. The highest BCUT2D eigenvalue weighted by Crippen LogP contribution is 2.20. The molecule has 1 heterocycles. The average molecular weight is 440 g/mol. The summed E-state index contributed by atoms with van der Waals surface area (Å²) in [5, 5.41) is 1.82. The number of rotatable bonds is 3. The van der Waals surface area contributed by atoms with E-state index in [1.165, 1.54) is 30.6 Å². The van der Waals surface area contributed by atoms with Gasteiger partial charge >= 0.3 is 12.1 Å². The van der Waals surface area contributed by atoms with Gasteiger partial charge < -0.3 is 14.2 Å². The van der Waals surface area contributed by atoms with Gasteiger partial charge in [0.15, 0.2) is 0 Å². The van der Waals surface area contributed by atoms with Crippen LogP contribution in [0.1, 0.15) is 15.2 Å². The van der Waals surface area contributed by atoms with E-state index in [1.807, 2.05) is 42.6 Å². The fourth-order valence-corrected chi connectivity index (χ4v) is 2.42.